The van der Waals surface area contributed by atoms with Crippen LogP contribution in [-0.4, -0.2) is 40.6 Å². The van der Waals surface area contributed by atoms with Crippen LogP contribution in [0.1, 0.15) is 39.5 Å². The summed E-state index contributed by atoms with van der Waals surface area (Å²) < 4.78 is 32.2. The molecule has 0 aromatic carbocycles. The van der Waals surface area contributed by atoms with Gasteiger partial charge in [0.2, 0.25) is 5.92 Å². The Kier molecular flexibility index (Phi) is 2.81. The molecule has 0 radical (unpaired) electrons. The van der Waals surface area contributed by atoms with Crippen LogP contribution in [-0.2, 0) is 4.74 Å². The van der Waals surface area contributed by atoms with Crippen molar-refractivity contribution in [3.8, 4) is 0 Å². The predicted octanol–water partition coefficient (Wildman–Crippen LogP) is 1.71. The summed E-state index contributed by atoms with van der Waals surface area (Å²) in [6.07, 6.45) is -0.286. The Bertz CT molecular complexity index is 319. The summed E-state index contributed by atoms with van der Waals surface area (Å²) >= 11 is 0. The van der Waals surface area contributed by atoms with Gasteiger partial charge in [0.15, 0.2) is 0 Å². The lowest BCUT2D eigenvalue weighted by Gasteiger charge is -2.40. The molecule has 0 spiro atoms. The SMILES string of the molecule is CC1(C)CC(O)(C2(CO)CCC(F)(F)C2)CO1. The molecule has 100 valence electrons. The van der Waals surface area contributed by atoms with Gasteiger partial charge in [-0.2, -0.15) is 0 Å². The molecule has 1 saturated heterocycles. The van der Waals surface area contributed by atoms with Crippen molar-refractivity contribution in [2.45, 2.75) is 56.7 Å². The zero-order chi connectivity index (χ0) is 12.9. The predicted molar refractivity (Wildman–Crippen MR) is 57.9 cm³/mol. The monoisotopic (exact) mass is 250 g/mol. The van der Waals surface area contributed by atoms with E-state index in [4.69, 9.17) is 4.74 Å². The van der Waals surface area contributed by atoms with Gasteiger partial charge in [0, 0.05) is 24.7 Å². The first kappa shape index (κ1) is 13.2. The Morgan fingerprint density at radius 1 is 1.18 bits per heavy atom. The van der Waals surface area contributed by atoms with Gasteiger partial charge in [-0.25, -0.2) is 8.78 Å². The minimum Gasteiger partial charge on any atom is -0.396 e. The fraction of sp³-hybridized carbons (Fsp3) is 1.00. The Morgan fingerprint density at radius 3 is 2.18 bits per heavy atom. The first-order valence-electron chi connectivity index (χ1n) is 5.99. The third-order valence-electron chi connectivity index (χ3n) is 4.28. The molecule has 2 fully saturated rings. The molecule has 1 saturated carbocycles. The van der Waals surface area contributed by atoms with Crippen molar-refractivity contribution in [1.82, 2.24) is 0 Å². The molecule has 1 aliphatic heterocycles. The maximum absolute atomic E-state index is 13.4. The van der Waals surface area contributed by atoms with Crippen LogP contribution in [0.15, 0.2) is 0 Å². The molecule has 2 atom stereocenters. The van der Waals surface area contributed by atoms with Crippen molar-refractivity contribution in [3.05, 3.63) is 0 Å². The highest BCUT2D eigenvalue weighted by atomic mass is 19.3. The number of alkyl halides is 2. The average molecular weight is 250 g/mol. The lowest BCUT2D eigenvalue weighted by Crippen LogP contribution is -2.51. The Labute approximate surface area is 99.8 Å². The number of halogens is 2. The van der Waals surface area contributed by atoms with Crippen molar-refractivity contribution in [2.75, 3.05) is 13.2 Å². The molecule has 0 bridgehead atoms. The van der Waals surface area contributed by atoms with Crippen LogP contribution in [0.5, 0.6) is 0 Å². The lowest BCUT2D eigenvalue weighted by molar-refractivity contribution is -0.123. The maximum atomic E-state index is 13.4. The molecule has 5 heteroatoms. The zero-order valence-corrected chi connectivity index (χ0v) is 10.3. The maximum Gasteiger partial charge on any atom is 0.248 e. The van der Waals surface area contributed by atoms with Crippen LogP contribution in [0.4, 0.5) is 8.78 Å². The summed E-state index contributed by atoms with van der Waals surface area (Å²) in [7, 11) is 0. The molecule has 0 amide bonds. The van der Waals surface area contributed by atoms with Crippen LogP contribution in [0.3, 0.4) is 0 Å². The third-order valence-corrected chi connectivity index (χ3v) is 4.28. The number of ether oxygens (including phenoxy) is 1. The fourth-order valence-electron chi connectivity index (χ4n) is 3.24. The normalized spacial score (nSPS) is 44.1. The second-order valence-corrected chi connectivity index (χ2v) is 6.23. The van der Waals surface area contributed by atoms with Gasteiger partial charge in [-0.05, 0) is 20.3 Å². The van der Waals surface area contributed by atoms with Gasteiger partial charge in [0.05, 0.1) is 24.4 Å². The molecule has 0 aromatic rings. The minimum atomic E-state index is -2.79. The van der Waals surface area contributed by atoms with Gasteiger partial charge < -0.3 is 14.9 Å². The molecule has 2 rings (SSSR count). The van der Waals surface area contributed by atoms with E-state index in [9.17, 15) is 19.0 Å². The highest BCUT2D eigenvalue weighted by Crippen LogP contribution is 2.56. The molecule has 1 aliphatic carbocycles. The van der Waals surface area contributed by atoms with E-state index >= 15 is 0 Å². The average Bonchev–Trinajstić information content (AvgIpc) is 2.66. The van der Waals surface area contributed by atoms with E-state index in [0.717, 1.165) is 0 Å². The van der Waals surface area contributed by atoms with Crippen molar-refractivity contribution in [1.29, 1.82) is 0 Å². The fourth-order valence-corrected chi connectivity index (χ4v) is 3.24. The summed E-state index contributed by atoms with van der Waals surface area (Å²) in [6, 6.07) is 0. The molecule has 2 unspecified atom stereocenters. The van der Waals surface area contributed by atoms with Crippen LogP contribution >= 0.6 is 0 Å². The molecule has 0 aromatic heterocycles. The van der Waals surface area contributed by atoms with E-state index < -0.39 is 35.6 Å². The highest BCUT2D eigenvalue weighted by molar-refractivity contribution is 5.10. The largest absolute Gasteiger partial charge is 0.396 e. The smallest absolute Gasteiger partial charge is 0.248 e. The van der Waals surface area contributed by atoms with E-state index in [-0.39, 0.29) is 25.9 Å². The highest BCUT2D eigenvalue weighted by Gasteiger charge is 2.63. The molecule has 3 nitrogen and oxygen atoms in total. The van der Waals surface area contributed by atoms with Gasteiger partial charge in [0.25, 0.3) is 0 Å². The van der Waals surface area contributed by atoms with Crippen LogP contribution in [0.25, 0.3) is 0 Å². The Balaban J connectivity index is 2.25. The summed E-state index contributed by atoms with van der Waals surface area (Å²) in [4.78, 5) is 0. The number of hydrogen-bond acceptors (Lipinski definition) is 3. The summed E-state index contributed by atoms with van der Waals surface area (Å²) in [5, 5.41) is 20.1. The van der Waals surface area contributed by atoms with Gasteiger partial charge in [-0.1, -0.05) is 0 Å². The third kappa shape index (κ3) is 2.09. The second kappa shape index (κ2) is 3.62. The number of rotatable bonds is 2. The van der Waals surface area contributed by atoms with Gasteiger partial charge in [-0.15, -0.1) is 0 Å². The molecule has 1 heterocycles. The van der Waals surface area contributed by atoms with E-state index in [2.05, 4.69) is 0 Å². The molecule has 17 heavy (non-hydrogen) atoms. The molecule has 2 N–H and O–H groups in total. The van der Waals surface area contributed by atoms with Crippen molar-refractivity contribution < 1.29 is 23.7 Å². The standard InChI is InChI=1S/C12H20F2O3/c1-9(2)5-11(16,8-17-9)10(7-15)3-4-12(13,14)6-10/h15-16H,3-8H2,1-2H3. The molecular weight excluding hydrogens is 230 g/mol. The van der Waals surface area contributed by atoms with Crippen LogP contribution < -0.4 is 0 Å². The van der Waals surface area contributed by atoms with E-state index in [1.165, 1.54) is 0 Å². The quantitative estimate of drug-likeness (QED) is 0.784. The first-order valence-corrected chi connectivity index (χ1v) is 5.99. The Morgan fingerprint density at radius 2 is 1.82 bits per heavy atom. The lowest BCUT2D eigenvalue weighted by atomic mass is 9.68. The van der Waals surface area contributed by atoms with Crippen LogP contribution in [0, 0.1) is 5.41 Å². The van der Waals surface area contributed by atoms with E-state index in [0.29, 0.717) is 0 Å². The minimum absolute atomic E-state index is 0.0244. The Hall–Kier alpha value is -0.260. The number of hydrogen-bond donors (Lipinski definition) is 2. The van der Waals surface area contributed by atoms with Gasteiger partial charge in [-0.3, -0.25) is 0 Å². The topological polar surface area (TPSA) is 49.7 Å². The van der Waals surface area contributed by atoms with E-state index in [1.54, 1.807) is 0 Å². The first-order chi connectivity index (χ1) is 7.64. The van der Waals surface area contributed by atoms with Crippen molar-refractivity contribution in [2.24, 2.45) is 5.41 Å². The summed E-state index contributed by atoms with van der Waals surface area (Å²) in [5.41, 5.74) is -2.98. The number of aliphatic hydroxyl groups excluding tert-OH is 1. The van der Waals surface area contributed by atoms with Crippen LogP contribution in [0.2, 0.25) is 0 Å². The van der Waals surface area contributed by atoms with Crippen molar-refractivity contribution in [3.63, 3.8) is 0 Å². The van der Waals surface area contributed by atoms with Crippen molar-refractivity contribution >= 4 is 0 Å². The zero-order valence-electron chi connectivity index (χ0n) is 10.3. The summed E-state index contributed by atoms with van der Waals surface area (Å²) in [6.45, 7) is 3.25. The van der Waals surface area contributed by atoms with E-state index in [1.807, 2.05) is 13.8 Å². The summed E-state index contributed by atoms with van der Waals surface area (Å²) in [5.74, 6) is -2.79. The number of aliphatic hydroxyl groups is 2. The van der Waals surface area contributed by atoms with Gasteiger partial charge in [0.1, 0.15) is 0 Å². The molecular formula is C12H20F2O3. The second-order valence-electron chi connectivity index (χ2n) is 6.23. The van der Waals surface area contributed by atoms with Gasteiger partial charge >= 0.3 is 0 Å². The molecule has 2 aliphatic rings.